The zero-order chi connectivity index (χ0) is 12.0. The number of nitrogens with one attached hydrogen (secondary N) is 1. The minimum atomic E-state index is -0.364. The van der Waals surface area contributed by atoms with E-state index < -0.39 is 0 Å². The number of halogens is 1. The van der Waals surface area contributed by atoms with Crippen molar-refractivity contribution in [2.45, 2.75) is 20.0 Å². The van der Waals surface area contributed by atoms with E-state index in [1.807, 2.05) is 13.8 Å². The predicted octanol–water partition coefficient (Wildman–Crippen LogP) is 2.67. The molecule has 0 atom stereocenters. The van der Waals surface area contributed by atoms with E-state index >= 15 is 0 Å². The van der Waals surface area contributed by atoms with Crippen molar-refractivity contribution >= 4 is 5.69 Å². The summed E-state index contributed by atoms with van der Waals surface area (Å²) in [6, 6.07) is 4.78. The van der Waals surface area contributed by atoms with Crippen LogP contribution in [-0.4, -0.2) is 26.4 Å². The highest BCUT2D eigenvalue weighted by atomic mass is 19.1. The first kappa shape index (κ1) is 12.8. The second-order valence-corrected chi connectivity index (χ2v) is 3.70. The molecular weight excluding hydrogens is 209 g/mol. The fourth-order valence-electron chi connectivity index (χ4n) is 1.27. The van der Waals surface area contributed by atoms with Crippen LogP contribution in [0.1, 0.15) is 13.8 Å². The summed E-state index contributed by atoms with van der Waals surface area (Å²) in [7, 11) is 1.45. The lowest BCUT2D eigenvalue weighted by Gasteiger charge is -2.10. The Hall–Kier alpha value is -1.29. The molecule has 0 aliphatic rings. The molecular formula is C12H18FNO2. The van der Waals surface area contributed by atoms with Crippen LogP contribution in [0.4, 0.5) is 10.1 Å². The molecule has 1 aromatic rings. The third-order valence-electron chi connectivity index (χ3n) is 2.03. The highest BCUT2D eigenvalue weighted by Crippen LogP contribution is 2.20. The summed E-state index contributed by atoms with van der Waals surface area (Å²) in [6.07, 6.45) is 0.217. The first-order chi connectivity index (χ1) is 7.63. The monoisotopic (exact) mass is 227 g/mol. The Labute approximate surface area is 95.6 Å². The van der Waals surface area contributed by atoms with Gasteiger partial charge in [0.2, 0.25) is 0 Å². The van der Waals surface area contributed by atoms with Gasteiger partial charge in [-0.1, -0.05) is 0 Å². The number of hydrogen-bond acceptors (Lipinski definition) is 3. The van der Waals surface area contributed by atoms with Gasteiger partial charge in [0.1, 0.15) is 0 Å². The molecule has 0 aromatic heterocycles. The van der Waals surface area contributed by atoms with Gasteiger partial charge in [-0.3, -0.25) is 0 Å². The molecule has 0 fully saturated rings. The van der Waals surface area contributed by atoms with Crippen molar-refractivity contribution in [3.63, 3.8) is 0 Å². The summed E-state index contributed by atoms with van der Waals surface area (Å²) in [4.78, 5) is 0. The molecule has 0 aliphatic carbocycles. The van der Waals surface area contributed by atoms with Crippen LogP contribution in [0.5, 0.6) is 5.75 Å². The molecule has 0 aliphatic heterocycles. The van der Waals surface area contributed by atoms with Crippen LogP contribution in [0.2, 0.25) is 0 Å². The molecule has 0 heterocycles. The normalized spacial score (nSPS) is 10.6. The number of rotatable bonds is 6. The van der Waals surface area contributed by atoms with E-state index in [-0.39, 0.29) is 17.7 Å². The summed E-state index contributed by atoms with van der Waals surface area (Å²) >= 11 is 0. The second-order valence-electron chi connectivity index (χ2n) is 3.70. The first-order valence-corrected chi connectivity index (χ1v) is 5.32. The van der Waals surface area contributed by atoms with Gasteiger partial charge in [0.05, 0.1) is 19.8 Å². The van der Waals surface area contributed by atoms with E-state index in [2.05, 4.69) is 5.32 Å². The predicted molar refractivity (Wildman–Crippen MR) is 62.5 cm³/mol. The van der Waals surface area contributed by atoms with Crippen LogP contribution < -0.4 is 10.1 Å². The number of hydrogen-bond donors (Lipinski definition) is 1. The van der Waals surface area contributed by atoms with E-state index in [4.69, 9.17) is 9.47 Å². The van der Waals surface area contributed by atoms with Gasteiger partial charge in [-0.25, -0.2) is 4.39 Å². The van der Waals surface area contributed by atoms with E-state index in [0.29, 0.717) is 13.2 Å². The molecule has 0 saturated carbocycles. The SMILES string of the molecule is COc1ccc(NCCOC(C)C)cc1F. The highest BCUT2D eigenvalue weighted by molar-refractivity contribution is 5.47. The molecule has 0 unspecified atom stereocenters. The summed E-state index contributed by atoms with van der Waals surface area (Å²) < 4.78 is 23.5. The zero-order valence-electron chi connectivity index (χ0n) is 9.92. The maximum atomic E-state index is 13.3. The molecule has 1 N–H and O–H groups in total. The highest BCUT2D eigenvalue weighted by Gasteiger charge is 2.02. The Morgan fingerprint density at radius 3 is 2.69 bits per heavy atom. The molecule has 0 spiro atoms. The number of benzene rings is 1. The molecule has 0 saturated heterocycles. The standard InChI is InChI=1S/C12H18FNO2/c1-9(2)16-7-6-14-10-4-5-12(15-3)11(13)8-10/h4-5,8-9,14H,6-7H2,1-3H3. The van der Waals surface area contributed by atoms with Gasteiger partial charge in [0.25, 0.3) is 0 Å². The number of ether oxygens (including phenoxy) is 2. The fraction of sp³-hybridized carbons (Fsp3) is 0.500. The van der Waals surface area contributed by atoms with Crippen molar-refractivity contribution in [1.82, 2.24) is 0 Å². The van der Waals surface area contributed by atoms with Crippen molar-refractivity contribution in [2.24, 2.45) is 0 Å². The van der Waals surface area contributed by atoms with Gasteiger partial charge in [-0.05, 0) is 26.0 Å². The van der Waals surface area contributed by atoms with Gasteiger partial charge >= 0.3 is 0 Å². The van der Waals surface area contributed by atoms with Crippen LogP contribution in [0.3, 0.4) is 0 Å². The summed E-state index contributed by atoms with van der Waals surface area (Å²) in [5.41, 5.74) is 0.727. The summed E-state index contributed by atoms with van der Waals surface area (Å²) in [5, 5.41) is 3.07. The van der Waals surface area contributed by atoms with E-state index in [1.165, 1.54) is 13.2 Å². The van der Waals surface area contributed by atoms with Crippen molar-refractivity contribution in [3.05, 3.63) is 24.0 Å². The Balaban J connectivity index is 2.40. The largest absolute Gasteiger partial charge is 0.494 e. The second kappa shape index (κ2) is 6.33. The van der Waals surface area contributed by atoms with E-state index in [0.717, 1.165) is 5.69 Å². The molecule has 1 rings (SSSR count). The average Bonchev–Trinajstić information content (AvgIpc) is 2.24. The topological polar surface area (TPSA) is 30.5 Å². The van der Waals surface area contributed by atoms with E-state index in [9.17, 15) is 4.39 Å². The lowest BCUT2D eigenvalue weighted by atomic mass is 10.3. The van der Waals surface area contributed by atoms with Gasteiger partial charge < -0.3 is 14.8 Å². The van der Waals surface area contributed by atoms with Gasteiger partial charge in [-0.15, -0.1) is 0 Å². The molecule has 0 radical (unpaired) electrons. The molecule has 4 heteroatoms. The molecule has 0 bridgehead atoms. The number of anilines is 1. The Bertz CT molecular complexity index is 329. The van der Waals surface area contributed by atoms with E-state index in [1.54, 1.807) is 12.1 Å². The molecule has 0 amide bonds. The van der Waals surface area contributed by atoms with Crippen molar-refractivity contribution in [2.75, 3.05) is 25.6 Å². The average molecular weight is 227 g/mol. The van der Waals surface area contributed by atoms with Crippen LogP contribution in [0.25, 0.3) is 0 Å². The Morgan fingerprint density at radius 2 is 2.12 bits per heavy atom. The van der Waals surface area contributed by atoms with Crippen molar-refractivity contribution in [3.8, 4) is 5.75 Å². The first-order valence-electron chi connectivity index (χ1n) is 5.32. The van der Waals surface area contributed by atoms with Crippen molar-refractivity contribution in [1.29, 1.82) is 0 Å². The van der Waals surface area contributed by atoms with Gasteiger partial charge in [0, 0.05) is 18.3 Å². The summed E-state index contributed by atoms with van der Waals surface area (Å²) in [6.45, 7) is 5.22. The van der Waals surface area contributed by atoms with Crippen LogP contribution in [0, 0.1) is 5.82 Å². The smallest absolute Gasteiger partial charge is 0.167 e. The fourth-order valence-corrected chi connectivity index (χ4v) is 1.27. The Morgan fingerprint density at radius 1 is 1.38 bits per heavy atom. The third kappa shape index (κ3) is 4.06. The van der Waals surface area contributed by atoms with Crippen LogP contribution >= 0.6 is 0 Å². The Kier molecular flexibility index (Phi) is 5.05. The van der Waals surface area contributed by atoms with Crippen LogP contribution in [-0.2, 0) is 4.74 Å². The maximum Gasteiger partial charge on any atom is 0.167 e. The van der Waals surface area contributed by atoms with Gasteiger partial charge in [-0.2, -0.15) is 0 Å². The molecule has 90 valence electrons. The minimum absolute atomic E-state index is 0.217. The van der Waals surface area contributed by atoms with Crippen molar-refractivity contribution < 1.29 is 13.9 Å². The lowest BCUT2D eigenvalue weighted by molar-refractivity contribution is 0.0870. The third-order valence-corrected chi connectivity index (χ3v) is 2.03. The van der Waals surface area contributed by atoms with Gasteiger partial charge in [0.15, 0.2) is 11.6 Å². The molecule has 16 heavy (non-hydrogen) atoms. The summed E-state index contributed by atoms with van der Waals surface area (Å²) in [5.74, 6) is -0.110. The zero-order valence-corrected chi connectivity index (χ0v) is 9.92. The lowest BCUT2D eigenvalue weighted by Crippen LogP contribution is -2.13. The molecule has 1 aromatic carbocycles. The molecule has 3 nitrogen and oxygen atoms in total. The maximum absolute atomic E-state index is 13.3. The van der Waals surface area contributed by atoms with Crippen LogP contribution in [0.15, 0.2) is 18.2 Å². The quantitative estimate of drug-likeness (QED) is 0.758. The minimum Gasteiger partial charge on any atom is -0.494 e. The number of methoxy groups -OCH3 is 1.